The van der Waals surface area contributed by atoms with E-state index in [0.29, 0.717) is 0 Å². The van der Waals surface area contributed by atoms with Gasteiger partial charge in [0, 0.05) is 12.1 Å². The van der Waals surface area contributed by atoms with Crippen molar-refractivity contribution in [2.24, 2.45) is 0 Å². The summed E-state index contributed by atoms with van der Waals surface area (Å²) < 4.78 is 6.62. The molecule has 0 fully saturated rings. The van der Waals surface area contributed by atoms with E-state index in [1.54, 1.807) is 7.11 Å². The molecule has 0 aliphatic heterocycles. The summed E-state index contributed by atoms with van der Waals surface area (Å²) in [5.41, 5.74) is 2.54. The summed E-state index contributed by atoms with van der Waals surface area (Å²) in [7, 11) is 1.73. The molecule has 0 aliphatic carbocycles. The molecule has 1 N–H and O–H groups in total. The van der Waals surface area contributed by atoms with Gasteiger partial charge in [-0.1, -0.05) is 46.7 Å². The number of aryl methyl sites for hydroxylation is 1. The highest BCUT2D eigenvalue weighted by molar-refractivity contribution is 14.1. The molecule has 2 nitrogen and oxygen atoms in total. The Morgan fingerprint density at radius 1 is 1.24 bits per heavy atom. The average Bonchev–Trinajstić information content (AvgIpc) is 2.34. The fraction of sp³-hybridized carbons (Fsp3) is 0.571. The monoisotopic (exact) mass is 347 g/mol. The second-order valence-electron chi connectivity index (χ2n) is 4.24. The maximum atomic E-state index is 5.35. The van der Waals surface area contributed by atoms with E-state index in [1.165, 1.54) is 34.8 Å². The smallest absolute Gasteiger partial charge is 0.123 e. The van der Waals surface area contributed by atoms with E-state index >= 15 is 0 Å². The third kappa shape index (κ3) is 5.73. The zero-order chi connectivity index (χ0) is 12.5. The Kier molecular flexibility index (Phi) is 7.60. The van der Waals surface area contributed by atoms with Gasteiger partial charge in [0.25, 0.3) is 0 Å². The van der Waals surface area contributed by atoms with Gasteiger partial charge in [-0.2, -0.15) is 0 Å². The van der Waals surface area contributed by atoms with Crippen molar-refractivity contribution in [3.05, 3.63) is 29.3 Å². The molecular formula is C14H22INO. The van der Waals surface area contributed by atoms with Gasteiger partial charge < -0.3 is 10.1 Å². The lowest BCUT2D eigenvalue weighted by Crippen LogP contribution is -2.15. The molecule has 0 radical (unpaired) electrons. The predicted octanol–water partition coefficient (Wildman–Crippen LogP) is 3.70. The second-order valence-corrected chi connectivity index (χ2v) is 5.32. The highest BCUT2D eigenvalue weighted by Gasteiger charge is 2.02. The molecule has 0 spiro atoms. The van der Waals surface area contributed by atoms with Crippen LogP contribution in [0.15, 0.2) is 18.2 Å². The lowest BCUT2D eigenvalue weighted by atomic mass is 10.1. The normalized spacial score (nSPS) is 10.5. The minimum Gasteiger partial charge on any atom is -0.496 e. The molecule has 0 aromatic heterocycles. The molecule has 0 bridgehead atoms. The van der Waals surface area contributed by atoms with Crippen molar-refractivity contribution in [3.8, 4) is 5.75 Å². The van der Waals surface area contributed by atoms with Crippen molar-refractivity contribution in [2.75, 3.05) is 18.1 Å². The van der Waals surface area contributed by atoms with Gasteiger partial charge in [-0.15, -0.1) is 0 Å². The zero-order valence-corrected chi connectivity index (χ0v) is 12.9. The topological polar surface area (TPSA) is 21.3 Å². The number of nitrogens with one attached hydrogen (secondary N) is 1. The van der Waals surface area contributed by atoms with Crippen LogP contribution < -0.4 is 10.1 Å². The van der Waals surface area contributed by atoms with Gasteiger partial charge in [0.2, 0.25) is 0 Å². The van der Waals surface area contributed by atoms with Gasteiger partial charge in [-0.3, -0.25) is 0 Å². The minimum absolute atomic E-state index is 0.898. The van der Waals surface area contributed by atoms with Gasteiger partial charge >= 0.3 is 0 Å². The lowest BCUT2D eigenvalue weighted by Gasteiger charge is -2.10. The first kappa shape index (κ1) is 14.8. The number of hydrogen-bond donors (Lipinski definition) is 1. The van der Waals surface area contributed by atoms with Crippen LogP contribution in [-0.2, 0) is 6.54 Å². The molecule has 0 saturated carbocycles. The average molecular weight is 347 g/mol. The van der Waals surface area contributed by atoms with Crippen LogP contribution in [-0.4, -0.2) is 18.1 Å². The first-order valence-corrected chi connectivity index (χ1v) is 7.70. The van der Waals surface area contributed by atoms with Crippen LogP contribution in [0.3, 0.4) is 0 Å². The first-order valence-electron chi connectivity index (χ1n) is 6.18. The van der Waals surface area contributed by atoms with Gasteiger partial charge in [0.15, 0.2) is 0 Å². The highest BCUT2D eigenvalue weighted by atomic mass is 127. The van der Waals surface area contributed by atoms with Crippen molar-refractivity contribution in [3.63, 3.8) is 0 Å². The molecule has 0 atom stereocenters. The molecule has 1 rings (SSSR count). The Balaban J connectivity index is 2.32. The van der Waals surface area contributed by atoms with Crippen molar-refractivity contribution in [1.82, 2.24) is 5.32 Å². The third-order valence-electron chi connectivity index (χ3n) is 2.74. The number of alkyl halides is 1. The number of methoxy groups -OCH3 is 1. The zero-order valence-electron chi connectivity index (χ0n) is 10.8. The summed E-state index contributed by atoms with van der Waals surface area (Å²) in [6, 6.07) is 6.32. The second kappa shape index (κ2) is 8.75. The van der Waals surface area contributed by atoms with Crippen molar-refractivity contribution in [1.29, 1.82) is 0 Å². The molecule has 0 aliphatic rings. The van der Waals surface area contributed by atoms with Crippen LogP contribution in [0, 0.1) is 6.92 Å². The summed E-state index contributed by atoms with van der Waals surface area (Å²) in [5.74, 6) is 0.982. The van der Waals surface area contributed by atoms with Crippen LogP contribution in [0.4, 0.5) is 0 Å². The van der Waals surface area contributed by atoms with Crippen LogP contribution in [0.1, 0.15) is 30.4 Å². The largest absolute Gasteiger partial charge is 0.496 e. The number of rotatable bonds is 8. The molecule has 96 valence electrons. The van der Waals surface area contributed by atoms with Gasteiger partial charge in [0.05, 0.1) is 7.11 Å². The molecule has 17 heavy (non-hydrogen) atoms. The molecule has 0 heterocycles. The van der Waals surface area contributed by atoms with E-state index in [9.17, 15) is 0 Å². The number of unbranched alkanes of at least 4 members (excludes halogenated alkanes) is 2. The van der Waals surface area contributed by atoms with Gasteiger partial charge in [-0.05, 0) is 36.8 Å². The Morgan fingerprint density at radius 2 is 2.06 bits per heavy atom. The Hall–Kier alpha value is -0.290. The van der Waals surface area contributed by atoms with Gasteiger partial charge in [0.1, 0.15) is 5.75 Å². The first-order chi connectivity index (χ1) is 8.27. The molecule has 0 saturated heterocycles. The molecular weight excluding hydrogens is 325 g/mol. The quantitative estimate of drug-likeness (QED) is 0.440. The van der Waals surface area contributed by atoms with E-state index in [-0.39, 0.29) is 0 Å². The summed E-state index contributed by atoms with van der Waals surface area (Å²) in [4.78, 5) is 0. The maximum Gasteiger partial charge on any atom is 0.123 e. The van der Waals surface area contributed by atoms with Gasteiger partial charge in [-0.25, -0.2) is 0 Å². The molecule has 1 aromatic rings. The van der Waals surface area contributed by atoms with E-state index in [2.05, 4.69) is 47.0 Å². The van der Waals surface area contributed by atoms with Crippen molar-refractivity contribution in [2.45, 2.75) is 32.7 Å². The Labute approximate surface area is 118 Å². The summed E-state index contributed by atoms with van der Waals surface area (Å²) >= 11 is 2.43. The maximum absolute atomic E-state index is 5.35. The van der Waals surface area contributed by atoms with E-state index < -0.39 is 0 Å². The fourth-order valence-electron chi connectivity index (χ4n) is 1.79. The van der Waals surface area contributed by atoms with Crippen molar-refractivity contribution >= 4 is 22.6 Å². The standard InChI is InChI=1S/C14H22INO/c1-12-6-7-14(17-2)13(10-12)11-16-9-5-3-4-8-15/h6-7,10,16H,3-5,8-9,11H2,1-2H3. The number of halogens is 1. The van der Waals surface area contributed by atoms with E-state index in [1.807, 2.05) is 6.07 Å². The predicted molar refractivity (Wildman–Crippen MR) is 82.2 cm³/mol. The van der Waals surface area contributed by atoms with E-state index in [4.69, 9.17) is 4.74 Å². The lowest BCUT2D eigenvalue weighted by molar-refractivity contribution is 0.407. The minimum atomic E-state index is 0.898. The third-order valence-corrected chi connectivity index (χ3v) is 3.50. The molecule has 0 unspecified atom stereocenters. The summed E-state index contributed by atoms with van der Waals surface area (Å²) in [5, 5.41) is 3.48. The molecule has 0 amide bonds. The van der Waals surface area contributed by atoms with Crippen molar-refractivity contribution < 1.29 is 4.74 Å². The molecule has 3 heteroatoms. The molecule has 1 aromatic carbocycles. The number of ether oxygens (including phenoxy) is 1. The van der Waals surface area contributed by atoms with Crippen LogP contribution in [0.5, 0.6) is 5.75 Å². The van der Waals surface area contributed by atoms with Crippen LogP contribution in [0.2, 0.25) is 0 Å². The summed E-state index contributed by atoms with van der Waals surface area (Å²) in [6.07, 6.45) is 3.91. The van der Waals surface area contributed by atoms with Crippen LogP contribution >= 0.6 is 22.6 Å². The highest BCUT2D eigenvalue weighted by Crippen LogP contribution is 2.19. The van der Waals surface area contributed by atoms with Crippen LogP contribution in [0.25, 0.3) is 0 Å². The number of benzene rings is 1. The summed E-state index contributed by atoms with van der Waals surface area (Å²) in [6.45, 7) is 4.10. The van der Waals surface area contributed by atoms with E-state index in [0.717, 1.165) is 18.8 Å². The SMILES string of the molecule is COc1ccc(C)cc1CNCCCCCI. The Morgan fingerprint density at radius 3 is 2.76 bits per heavy atom. The number of hydrogen-bond acceptors (Lipinski definition) is 2. The fourth-order valence-corrected chi connectivity index (χ4v) is 2.33. The Bertz CT molecular complexity index is 328.